The predicted molar refractivity (Wildman–Crippen MR) is 118 cm³/mol. The van der Waals surface area contributed by atoms with Crippen LogP contribution in [0.4, 0.5) is 0 Å². The van der Waals surface area contributed by atoms with Crippen LogP contribution in [0.3, 0.4) is 0 Å². The van der Waals surface area contributed by atoms with Gasteiger partial charge in [0.25, 0.3) is 0 Å². The lowest BCUT2D eigenvalue weighted by Crippen LogP contribution is -2.18. The van der Waals surface area contributed by atoms with Gasteiger partial charge in [-0.15, -0.1) is 0 Å². The minimum Gasteiger partial charge on any atom is -0.494 e. The summed E-state index contributed by atoms with van der Waals surface area (Å²) in [6.45, 7) is 6.40. The Morgan fingerprint density at radius 1 is 0.714 bits per heavy atom. The van der Waals surface area contributed by atoms with Crippen LogP contribution >= 0.6 is 0 Å². The van der Waals surface area contributed by atoms with Crippen LogP contribution in [0, 0.1) is 23.7 Å². The van der Waals surface area contributed by atoms with Crippen molar-refractivity contribution in [1.82, 2.24) is 0 Å². The van der Waals surface area contributed by atoms with Gasteiger partial charge in [0.05, 0.1) is 13.2 Å². The molecule has 0 bridgehead atoms. The summed E-state index contributed by atoms with van der Waals surface area (Å²) in [7, 11) is 0. The first-order valence-corrected chi connectivity index (χ1v) is 12.1. The maximum atomic E-state index is 6.01. The molecule has 2 heteroatoms. The lowest BCUT2D eigenvalue weighted by Gasteiger charge is -2.28. The Morgan fingerprint density at radius 2 is 1.25 bits per heavy atom. The Morgan fingerprint density at radius 3 is 1.86 bits per heavy atom. The average Bonchev–Trinajstić information content (AvgIpc) is 2.73. The first-order chi connectivity index (χ1) is 13.7. The molecule has 0 N–H and O–H groups in total. The molecule has 0 unspecified atom stereocenters. The molecule has 0 radical (unpaired) electrons. The lowest BCUT2D eigenvalue weighted by atomic mass is 9.78. The van der Waals surface area contributed by atoms with E-state index in [0.717, 1.165) is 48.4 Å². The van der Waals surface area contributed by atoms with Gasteiger partial charge in [-0.2, -0.15) is 0 Å². The smallest absolute Gasteiger partial charge is 0.119 e. The summed E-state index contributed by atoms with van der Waals surface area (Å²) < 4.78 is 12.0. The summed E-state index contributed by atoms with van der Waals surface area (Å²) in [6.07, 6.45) is 16.5. The highest BCUT2D eigenvalue weighted by Gasteiger charge is 2.20. The zero-order chi connectivity index (χ0) is 19.6. The predicted octanol–water partition coefficient (Wildman–Crippen LogP) is 7.66. The number of ether oxygens (including phenoxy) is 2. The summed E-state index contributed by atoms with van der Waals surface area (Å²) in [5.41, 5.74) is 0. The van der Waals surface area contributed by atoms with E-state index in [4.69, 9.17) is 9.47 Å². The fourth-order valence-corrected chi connectivity index (χ4v) is 5.12. The molecular formula is C26H42O2. The molecule has 2 nitrogen and oxygen atoms in total. The normalized spacial score (nSPS) is 28.1. The third-order valence-corrected chi connectivity index (χ3v) is 7.13. The van der Waals surface area contributed by atoms with Crippen LogP contribution in [-0.2, 0) is 0 Å². The molecule has 0 spiro atoms. The molecular weight excluding hydrogens is 344 g/mol. The third kappa shape index (κ3) is 7.33. The Kier molecular flexibility index (Phi) is 9.02. The molecule has 158 valence electrons. The Labute approximate surface area is 173 Å². The zero-order valence-corrected chi connectivity index (χ0v) is 18.3. The molecule has 0 amide bonds. The van der Waals surface area contributed by atoms with Crippen LogP contribution in [0.15, 0.2) is 24.3 Å². The van der Waals surface area contributed by atoms with Crippen molar-refractivity contribution in [2.24, 2.45) is 23.7 Å². The second-order valence-electron chi connectivity index (χ2n) is 9.57. The fourth-order valence-electron chi connectivity index (χ4n) is 5.12. The average molecular weight is 387 g/mol. The van der Waals surface area contributed by atoms with E-state index >= 15 is 0 Å². The monoisotopic (exact) mass is 386 g/mol. The third-order valence-electron chi connectivity index (χ3n) is 7.13. The summed E-state index contributed by atoms with van der Waals surface area (Å²) in [5.74, 6) is 5.56. The summed E-state index contributed by atoms with van der Waals surface area (Å²) >= 11 is 0. The SMILES string of the molecule is CCCC1CCC(CCCOc2ccc(OCC3CCC(C)CC3)cc2)CC1. The second kappa shape index (κ2) is 11.7. The maximum Gasteiger partial charge on any atom is 0.119 e. The van der Waals surface area contributed by atoms with Gasteiger partial charge in [-0.05, 0) is 73.6 Å². The van der Waals surface area contributed by atoms with E-state index in [1.807, 2.05) is 0 Å². The van der Waals surface area contributed by atoms with Crippen LogP contribution in [0.2, 0.25) is 0 Å². The molecule has 28 heavy (non-hydrogen) atoms. The first-order valence-electron chi connectivity index (χ1n) is 12.1. The Bertz CT molecular complexity index is 522. The number of hydrogen-bond donors (Lipinski definition) is 0. The van der Waals surface area contributed by atoms with Crippen molar-refractivity contribution in [3.63, 3.8) is 0 Å². The van der Waals surface area contributed by atoms with Crippen LogP contribution in [0.5, 0.6) is 11.5 Å². The molecule has 3 rings (SSSR count). The van der Waals surface area contributed by atoms with Gasteiger partial charge in [-0.3, -0.25) is 0 Å². The largest absolute Gasteiger partial charge is 0.494 e. The van der Waals surface area contributed by atoms with Gasteiger partial charge < -0.3 is 9.47 Å². The number of hydrogen-bond acceptors (Lipinski definition) is 2. The van der Waals surface area contributed by atoms with Gasteiger partial charge in [0.15, 0.2) is 0 Å². The Hall–Kier alpha value is -1.18. The molecule has 1 aromatic carbocycles. The van der Waals surface area contributed by atoms with Gasteiger partial charge in [-0.1, -0.05) is 65.2 Å². The minimum atomic E-state index is 0.740. The van der Waals surface area contributed by atoms with Gasteiger partial charge in [0, 0.05) is 0 Å². The molecule has 2 saturated carbocycles. The van der Waals surface area contributed by atoms with Crippen LogP contribution in [0.1, 0.15) is 90.9 Å². The van der Waals surface area contributed by atoms with E-state index in [1.54, 1.807) is 0 Å². The zero-order valence-electron chi connectivity index (χ0n) is 18.3. The van der Waals surface area contributed by atoms with Crippen LogP contribution in [0.25, 0.3) is 0 Å². The van der Waals surface area contributed by atoms with E-state index in [2.05, 4.69) is 38.1 Å². The molecule has 2 fully saturated rings. The molecule has 2 aliphatic carbocycles. The molecule has 1 aromatic rings. The first kappa shape index (κ1) is 21.5. The molecule has 2 aliphatic rings. The summed E-state index contributed by atoms with van der Waals surface area (Å²) in [5, 5.41) is 0. The van der Waals surface area contributed by atoms with Crippen LogP contribution < -0.4 is 9.47 Å². The lowest BCUT2D eigenvalue weighted by molar-refractivity contribution is 0.188. The summed E-state index contributed by atoms with van der Waals surface area (Å²) in [6, 6.07) is 8.26. The molecule has 0 aliphatic heterocycles. The van der Waals surface area contributed by atoms with E-state index in [-0.39, 0.29) is 0 Å². The highest BCUT2D eigenvalue weighted by molar-refractivity contribution is 5.31. The summed E-state index contributed by atoms with van der Waals surface area (Å²) in [4.78, 5) is 0. The van der Waals surface area contributed by atoms with Gasteiger partial charge in [-0.25, -0.2) is 0 Å². The van der Waals surface area contributed by atoms with E-state index in [0.29, 0.717) is 0 Å². The van der Waals surface area contributed by atoms with E-state index in [1.165, 1.54) is 77.0 Å². The van der Waals surface area contributed by atoms with Crippen molar-refractivity contribution in [3.8, 4) is 11.5 Å². The van der Waals surface area contributed by atoms with E-state index in [9.17, 15) is 0 Å². The number of benzene rings is 1. The number of rotatable bonds is 10. The second-order valence-corrected chi connectivity index (χ2v) is 9.57. The Balaban J connectivity index is 1.26. The highest BCUT2D eigenvalue weighted by Crippen LogP contribution is 2.34. The van der Waals surface area contributed by atoms with Crippen molar-refractivity contribution >= 4 is 0 Å². The quantitative estimate of drug-likeness (QED) is 0.384. The molecule has 0 heterocycles. The highest BCUT2D eigenvalue weighted by atomic mass is 16.5. The van der Waals surface area contributed by atoms with Crippen molar-refractivity contribution in [2.45, 2.75) is 90.9 Å². The maximum absolute atomic E-state index is 6.01. The van der Waals surface area contributed by atoms with Gasteiger partial charge >= 0.3 is 0 Å². The standard InChI is InChI=1S/C26H42O2/c1-3-5-22-11-13-23(14-12-22)6-4-19-27-25-15-17-26(18-16-25)28-20-24-9-7-21(2)8-10-24/h15-18,21-24H,3-14,19-20H2,1-2H3. The van der Waals surface area contributed by atoms with Gasteiger partial charge in [0.2, 0.25) is 0 Å². The molecule has 0 atom stereocenters. The molecule has 0 aromatic heterocycles. The van der Waals surface area contributed by atoms with Crippen molar-refractivity contribution in [2.75, 3.05) is 13.2 Å². The van der Waals surface area contributed by atoms with Crippen molar-refractivity contribution in [3.05, 3.63) is 24.3 Å². The van der Waals surface area contributed by atoms with Gasteiger partial charge in [0.1, 0.15) is 11.5 Å². The van der Waals surface area contributed by atoms with E-state index < -0.39 is 0 Å². The topological polar surface area (TPSA) is 18.5 Å². The van der Waals surface area contributed by atoms with Crippen molar-refractivity contribution in [1.29, 1.82) is 0 Å². The van der Waals surface area contributed by atoms with Crippen molar-refractivity contribution < 1.29 is 9.47 Å². The van der Waals surface area contributed by atoms with Crippen LogP contribution in [-0.4, -0.2) is 13.2 Å². The minimum absolute atomic E-state index is 0.740. The fraction of sp³-hybridized carbons (Fsp3) is 0.769. The molecule has 0 saturated heterocycles.